The zero-order valence-electron chi connectivity index (χ0n) is 12.6. The van der Waals surface area contributed by atoms with Gasteiger partial charge in [0.25, 0.3) is 0 Å². The lowest BCUT2D eigenvalue weighted by Gasteiger charge is -2.27. The number of ether oxygens (including phenoxy) is 1. The average molecular weight is 434 g/mol. The van der Waals surface area contributed by atoms with E-state index in [0.717, 1.165) is 42.7 Å². The number of nitrogens with zero attached hydrogens (tertiary/aromatic N) is 3. The average Bonchev–Trinajstić information content (AvgIpc) is 3.36. The second-order valence-electron chi connectivity index (χ2n) is 5.53. The maximum atomic E-state index is 6.06. The molecular weight excluding hydrogens is 411 g/mol. The molecule has 122 valence electrons. The molecule has 1 aromatic rings. The van der Waals surface area contributed by atoms with E-state index in [2.05, 4.69) is 14.9 Å². The van der Waals surface area contributed by atoms with Gasteiger partial charge in [-0.15, -0.1) is 24.0 Å². The molecule has 22 heavy (non-hydrogen) atoms. The zero-order chi connectivity index (χ0) is 14.5. The molecule has 0 amide bonds. The molecule has 1 aliphatic heterocycles. The standard InChI is InChI=1S/C15H22N4OS.HI/c16-15(19-5-7-21-8-6-19)18-10-13-3-4-17-14(9-13)20-11-12-1-2-12;/h3-4,9,12H,1-2,5-8,10-11H2,(H2,16,18);1H. The molecule has 0 unspecified atom stereocenters. The van der Waals surface area contributed by atoms with Crippen LogP contribution in [0.2, 0.25) is 0 Å². The molecule has 0 radical (unpaired) electrons. The highest BCUT2D eigenvalue weighted by atomic mass is 127. The van der Waals surface area contributed by atoms with Gasteiger partial charge in [-0.1, -0.05) is 0 Å². The summed E-state index contributed by atoms with van der Waals surface area (Å²) in [5, 5.41) is 0. The number of thioether (sulfide) groups is 1. The van der Waals surface area contributed by atoms with Crippen molar-refractivity contribution >= 4 is 41.7 Å². The van der Waals surface area contributed by atoms with Crippen LogP contribution >= 0.6 is 35.7 Å². The first-order valence-corrected chi connectivity index (χ1v) is 8.67. The molecular formula is C15H23IN4OS. The SMILES string of the molecule is I.NC(=NCc1ccnc(OCC2CC2)c1)N1CCSCC1. The maximum Gasteiger partial charge on any atom is 0.213 e. The minimum absolute atomic E-state index is 0. The Kier molecular flexibility index (Phi) is 7.07. The summed E-state index contributed by atoms with van der Waals surface area (Å²) in [5.74, 6) is 4.34. The van der Waals surface area contributed by atoms with Crippen LogP contribution in [0.3, 0.4) is 0 Å². The van der Waals surface area contributed by atoms with Crippen LogP contribution in [0, 0.1) is 5.92 Å². The Balaban J connectivity index is 0.00000176. The first-order valence-electron chi connectivity index (χ1n) is 7.51. The van der Waals surface area contributed by atoms with Gasteiger partial charge in [0.1, 0.15) is 0 Å². The van der Waals surface area contributed by atoms with Crippen LogP contribution in [0.5, 0.6) is 5.88 Å². The van der Waals surface area contributed by atoms with Crippen molar-refractivity contribution in [1.29, 1.82) is 0 Å². The molecule has 7 heteroatoms. The van der Waals surface area contributed by atoms with Crippen molar-refractivity contribution in [1.82, 2.24) is 9.88 Å². The molecule has 0 atom stereocenters. The Hall–Kier alpha value is -0.700. The van der Waals surface area contributed by atoms with Gasteiger partial charge in [-0.05, 0) is 30.4 Å². The molecule has 1 aromatic heterocycles. The number of rotatable bonds is 5. The second kappa shape index (κ2) is 8.81. The first-order chi connectivity index (χ1) is 10.3. The number of nitrogens with two attached hydrogens (primary N) is 1. The van der Waals surface area contributed by atoms with Gasteiger partial charge >= 0.3 is 0 Å². The van der Waals surface area contributed by atoms with Crippen molar-refractivity contribution in [2.24, 2.45) is 16.6 Å². The minimum Gasteiger partial charge on any atom is -0.477 e. The van der Waals surface area contributed by atoms with E-state index in [1.165, 1.54) is 12.8 Å². The topological polar surface area (TPSA) is 63.7 Å². The Morgan fingerprint density at radius 1 is 1.41 bits per heavy atom. The zero-order valence-corrected chi connectivity index (χ0v) is 15.8. The Labute approximate surface area is 153 Å². The predicted octanol–water partition coefficient (Wildman–Crippen LogP) is 2.35. The fourth-order valence-electron chi connectivity index (χ4n) is 2.18. The van der Waals surface area contributed by atoms with Crippen molar-refractivity contribution in [2.45, 2.75) is 19.4 Å². The highest BCUT2D eigenvalue weighted by Crippen LogP contribution is 2.29. The van der Waals surface area contributed by atoms with Crippen LogP contribution in [-0.4, -0.2) is 47.0 Å². The van der Waals surface area contributed by atoms with Gasteiger partial charge in [0.2, 0.25) is 5.88 Å². The summed E-state index contributed by atoms with van der Waals surface area (Å²) in [6.45, 7) is 3.35. The van der Waals surface area contributed by atoms with E-state index in [1.807, 2.05) is 23.9 Å². The van der Waals surface area contributed by atoms with Crippen LogP contribution in [-0.2, 0) is 6.54 Å². The molecule has 0 aromatic carbocycles. The lowest BCUT2D eigenvalue weighted by atomic mass is 10.3. The summed E-state index contributed by atoms with van der Waals surface area (Å²) in [4.78, 5) is 10.9. The van der Waals surface area contributed by atoms with Crippen LogP contribution in [0.1, 0.15) is 18.4 Å². The van der Waals surface area contributed by atoms with E-state index in [9.17, 15) is 0 Å². The first kappa shape index (κ1) is 17.7. The van der Waals surface area contributed by atoms with E-state index in [4.69, 9.17) is 10.5 Å². The molecule has 1 saturated carbocycles. The summed E-state index contributed by atoms with van der Waals surface area (Å²) in [6, 6.07) is 3.93. The highest BCUT2D eigenvalue weighted by molar-refractivity contribution is 14.0. The van der Waals surface area contributed by atoms with Gasteiger partial charge in [0, 0.05) is 36.9 Å². The third-order valence-corrected chi connectivity index (χ3v) is 4.66. The number of halogens is 1. The number of pyridine rings is 1. The summed E-state index contributed by atoms with van der Waals surface area (Å²) in [6.07, 6.45) is 4.35. The number of aromatic nitrogens is 1. The molecule has 2 fully saturated rings. The van der Waals surface area contributed by atoms with E-state index >= 15 is 0 Å². The fraction of sp³-hybridized carbons (Fsp3) is 0.600. The van der Waals surface area contributed by atoms with E-state index in [1.54, 1.807) is 6.20 Å². The Morgan fingerprint density at radius 2 is 2.18 bits per heavy atom. The van der Waals surface area contributed by atoms with Crippen molar-refractivity contribution in [3.63, 3.8) is 0 Å². The van der Waals surface area contributed by atoms with Gasteiger partial charge in [0.15, 0.2) is 5.96 Å². The fourth-order valence-corrected chi connectivity index (χ4v) is 3.08. The number of hydrogen-bond acceptors (Lipinski definition) is 4. The van der Waals surface area contributed by atoms with Gasteiger partial charge < -0.3 is 15.4 Å². The number of guanidine groups is 1. The summed E-state index contributed by atoms with van der Waals surface area (Å²) < 4.78 is 5.69. The summed E-state index contributed by atoms with van der Waals surface area (Å²) in [5.41, 5.74) is 7.15. The van der Waals surface area contributed by atoms with Crippen molar-refractivity contribution < 1.29 is 4.74 Å². The molecule has 2 aliphatic rings. The molecule has 1 aliphatic carbocycles. The van der Waals surface area contributed by atoms with Crippen LogP contribution in [0.4, 0.5) is 0 Å². The molecule has 0 bridgehead atoms. The van der Waals surface area contributed by atoms with Gasteiger partial charge in [0.05, 0.1) is 13.2 Å². The van der Waals surface area contributed by atoms with Gasteiger partial charge in [-0.25, -0.2) is 9.98 Å². The third-order valence-electron chi connectivity index (χ3n) is 3.72. The smallest absolute Gasteiger partial charge is 0.213 e. The van der Waals surface area contributed by atoms with Crippen molar-refractivity contribution in [2.75, 3.05) is 31.2 Å². The van der Waals surface area contributed by atoms with Crippen LogP contribution in [0.25, 0.3) is 0 Å². The largest absolute Gasteiger partial charge is 0.477 e. The lowest BCUT2D eigenvalue weighted by molar-refractivity contribution is 0.288. The number of aliphatic imine (C=N–C) groups is 1. The Bertz CT molecular complexity index is 504. The minimum atomic E-state index is 0. The quantitative estimate of drug-likeness (QED) is 0.438. The lowest BCUT2D eigenvalue weighted by Crippen LogP contribution is -2.42. The highest BCUT2D eigenvalue weighted by Gasteiger charge is 2.22. The molecule has 0 spiro atoms. The summed E-state index contributed by atoms with van der Waals surface area (Å²) >= 11 is 1.97. The molecule has 5 nitrogen and oxygen atoms in total. The van der Waals surface area contributed by atoms with Crippen LogP contribution in [0.15, 0.2) is 23.3 Å². The Morgan fingerprint density at radius 3 is 2.91 bits per heavy atom. The van der Waals surface area contributed by atoms with E-state index < -0.39 is 0 Å². The van der Waals surface area contributed by atoms with Crippen molar-refractivity contribution in [3.8, 4) is 5.88 Å². The molecule has 3 rings (SSSR count). The normalized spacial score (nSPS) is 18.7. The van der Waals surface area contributed by atoms with E-state index in [0.29, 0.717) is 18.4 Å². The van der Waals surface area contributed by atoms with Crippen molar-refractivity contribution in [3.05, 3.63) is 23.9 Å². The monoisotopic (exact) mass is 434 g/mol. The predicted molar refractivity (Wildman–Crippen MR) is 102 cm³/mol. The maximum absolute atomic E-state index is 6.06. The van der Waals surface area contributed by atoms with Gasteiger partial charge in [-0.3, -0.25) is 0 Å². The second-order valence-corrected chi connectivity index (χ2v) is 6.76. The van der Waals surface area contributed by atoms with Crippen LogP contribution < -0.4 is 10.5 Å². The molecule has 2 heterocycles. The third kappa shape index (κ3) is 5.49. The molecule has 1 saturated heterocycles. The summed E-state index contributed by atoms with van der Waals surface area (Å²) in [7, 11) is 0. The molecule has 2 N–H and O–H groups in total. The van der Waals surface area contributed by atoms with E-state index in [-0.39, 0.29) is 24.0 Å². The number of hydrogen-bond donors (Lipinski definition) is 1. The van der Waals surface area contributed by atoms with Gasteiger partial charge in [-0.2, -0.15) is 11.8 Å².